The van der Waals surface area contributed by atoms with Crippen molar-refractivity contribution in [3.05, 3.63) is 52.5 Å². The minimum Gasteiger partial charge on any atom is -0.372 e. The fourth-order valence-corrected chi connectivity index (χ4v) is 4.50. The van der Waals surface area contributed by atoms with Crippen molar-refractivity contribution < 1.29 is 4.74 Å². The molecule has 1 aromatic carbocycles. The summed E-state index contributed by atoms with van der Waals surface area (Å²) in [5, 5.41) is 3.29. The zero-order valence-electron chi connectivity index (χ0n) is 14.1. The molecule has 0 unspecified atom stereocenters. The molecule has 0 aliphatic carbocycles. The third-order valence-electron chi connectivity index (χ3n) is 5.19. The average Bonchev–Trinajstić information content (AvgIpc) is 3.11. The Labute approximate surface area is 148 Å². The number of morpholine rings is 1. The SMILES string of the molecule is c1ccc(CN2CCOC3(CCN(Cc4nccs4)CC3)C2)cc1. The van der Waals surface area contributed by atoms with Crippen LogP contribution in [0.5, 0.6) is 0 Å². The summed E-state index contributed by atoms with van der Waals surface area (Å²) in [5.74, 6) is 0. The van der Waals surface area contributed by atoms with Gasteiger partial charge >= 0.3 is 0 Å². The Morgan fingerprint density at radius 1 is 1.04 bits per heavy atom. The summed E-state index contributed by atoms with van der Waals surface area (Å²) >= 11 is 1.75. The highest BCUT2D eigenvalue weighted by Gasteiger charge is 2.39. The van der Waals surface area contributed by atoms with E-state index in [2.05, 4.69) is 50.5 Å². The van der Waals surface area contributed by atoms with Crippen molar-refractivity contribution in [3.63, 3.8) is 0 Å². The number of nitrogens with zero attached hydrogens (tertiary/aromatic N) is 3. The van der Waals surface area contributed by atoms with E-state index in [0.717, 1.165) is 58.7 Å². The van der Waals surface area contributed by atoms with E-state index in [9.17, 15) is 0 Å². The molecule has 2 aliphatic rings. The Hall–Kier alpha value is -1.27. The van der Waals surface area contributed by atoms with Crippen LogP contribution in [-0.4, -0.2) is 53.2 Å². The molecule has 2 aromatic rings. The molecule has 0 N–H and O–H groups in total. The Morgan fingerprint density at radius 2 is 1.88 bits per heavy atom. The van der Waals surface area contributed by atoms with E-state index in [1.54, 1.807) is 11.3 Å². The Balaban J connectivity index is 1.32. The number of piperidine rings is 1. The number of ether oxygens (including phenoxy) is 1. The maximum atomic E-state index is 6.28. The number of benzene rings is 1. The van der Waals surface area contributed by atoms with Crippen LogP contribution in [-0.2, 0) is 17.8 Å². The molecule has 0 saturated carbocycles. The van der Waals surface area contributed by atoms with Gasteiger partial charge in [-0.3, -0.25) is 9.80 Å². The second-order valence-electron chi connectivity index (χ2n) is 6.93. The van der Waals surface area contributed by atoms with Crippen LogP contribution in [0.3, 0.4) is 0 Å². The lowest BCUT2D eigenvalue weighted by Gasteiger charge is -2.47. The molecule has 4 rings (SSSR count). The molecular weight excluding hydrogens is 318 g/mol. The summed E-state index contributed by atoms with van der Waals surface area (Å²) in [4.78, 5) is 9.49. The summed E-state index contributed by atoms with van der Waals surface area (Å²) < 4.78 is 6.28. The Bertz CT molecular complexity index is 623. The zero-order chi connectivity index (χ0) is 16.2. The van der Waals surface area contributed by atoms with Gasteiger partial charge in [0.05, 0.1) is 18.8 Å². The van der Waals surface area contributed by atoms with E-state index in [1.807, 2.05) is 6.20 Å². The van der Waals surface area contributed by atoms with Crippen molar-refractivity contribution in [1.82, 2.24) is 14.8 Å². The monoisotopic (exact) mass is 343 g/mol. The fourth-order valence-electron chi connectivity index (χ4n) is 3.84. The summed E-state index contributed by atoms with van der Waals surface area (Å²) in [6, 6.07) is 10.8. The van der Waals surface area contributed by atoms with Crippen molar-refractivity contribution in [2.75, 3.05) is 32.8 Å². The highest BCUT2D eigenvalue weighted by molar-refractivity contribution is 7.09. The number of hydrogen-bond donors (Lipinski definition) is 0. The van der Waals surface area contributed by atoms with Gasteiger partial charge in [0.2, 0.25) is 0 Å². The van der Waals surface area contributed by atoms with Crippen molar-refractivity contribution in [2.45, 2.75) is 31.5 Å². The molecule has 0 radical (unpaired) electrons. The number of rotatable bonds is 4. The van der Waals surface area contributed by atoms with E-state index in [1.165, 1.54) is 10.6 Å². The van der Waals surface area contributed by atoms with E-state index >= 15 is 0 Å². The maximum absolute atomic E-state index is 6.28. The third-order valence-corrected chi connectivity index (χ3v) is 5.95. The smallest absolute Gasteiger partial charge is 0.107 e. The van der Waals surface area contributed by atoms with Crippen LogP contribution in [0.4, 0.5) is 0 Å². The predicted octanol–water partition coefficient (Wildman–Crippen LogP) is 3.01. The lowest BCUT2D eigenvalue weighted by atomic mass is 9.89. The fraction of sp³-hybridized carbons (Fsp3) is 0.526. The molecule has 3 heterocycles. The molecule has 2 saturated heterocycles. The first-order valence-corrected chi connectivity index (χ1v) is 9.70. The van der Waals surface area contributed by atoms with Gasteiger partial charge in [0, 0.05) is 44.3 Å². The largest absolute Gasteiger partial charge is 0.372 e. The average molecular weight is 343 g/mol. The highest BCUT2D eigenvalue weighted by Crippen LogP contribution is 2.31. The molecule has 24 heavy (non-hydrogen) atoms. The molecule has 5 heteroatoms. The van der Waals surface area contributed by atoms with Gasteiger partial charge in [-0.25, -0.2) is 4.98 Å². The number of thiazole rings is 1. The van der Waals surface area contributed by atoms with Crippen LogP contribution in [0.15, 0.2) is 41.9 Å². The summed E-state index contributed by atoms with van der Waals surface area (Å²) in [7, 11) is 0. The van der Waals surface area contributed by atoms with Crippen molar-refractivity contribution in [2.24, 2.45) is 0 Å². The van der Waals surface area contributed by atoms with Crippen LogP contribution in [0.25, 0.3) is 0 Å². The molecule has 2 aliphatic heterocycles. The first-order chi connectivity index (χ1) is 11.8. The van der Waals surface area contributed by atoms with Gasteiger partial charge in [0.15, 0.2) is 0 Å². The first kappa shape index (κ1) is 16.2. The van der Waals surface area contributed by atoms with Crippen LogP contribution >= 0.6 is 11.3 Å². The van der Waals surface area contributed by atoms with Gasteiger partial charge in [-0.1, -0.05) is 30.3 Å². The van der Waals surface area contributed by atoms with Crippen LogP contribution in [0.1, 0.15) is 23.4 Å². The summed E-state index contributed by atoms with van der Waals surface area (Å²) in [5.41, 5.74) is 1.46. The number of hydrogen-bond acceptors (Lipinski definition) is 5. The molecule has 0 bridgehead atoms. The van der Waals surface area contributed by atoms with Gasteiger partial charge in [0.25, 0.3) is 0 Å². The third kappa shape index (κ3) is 3.86. The number of likely N-dealkylation sites (tertiary alicyclic amines) is 1. The van der Waals surface area contributed by atoms with Crippen molar-refractivity contribution in [1.29, 1.82) is 0 Å². The predicted molar refractivity (Wildman–Crippen MR) is 97.0 cm³/mol. The Kier molecular flexibility index (Phi) is 4.94. The first-order valence-electron chi connectivity index (χ1n) is 8.82. The van der Waals surface area contributed by atoms with Crippen LogP contribution < -0.4 is 0 Å². The van der Waals surface area contributed by atoms with Gasteiger partial charge in [-0.15, -0.1) is 11.3 Å². The molecule has 0 atom stereocenters. The van der Waals surface area contributed by atoms with Gasteiger partial charge in [-0.05, 0) is 18.4 Å². The quantitative estimate of drug-likeness (QED) is 0.853. The van der Waals surface area contributed by atoms with Crippen LogP contribution in [0.2, 0.25) is 0 Å². The van der Waals surface area contributed by atoms with Crippen molar-refractivity contribution in [3.8, 4) is 0 Å². The summed E-state index contributed by atoms with van der Waals surface area (Å²) in [6.45, 7) is 7.21. The van der Waals surface area contributed by atoms with Gasteiger partial charge < -0.3 is 4.74 Å². The highest BCUT2D eigenvalue weighted by atomic mass is 32.1. The molecule has 4 nitrogen and oxygen atoms in total. The van der Waals surface area contributed by atoms with E-state index in [-0.39, 0.29) is 5.60 Å². The molecule has 128 valence electrons. The normalized spacial score (nSPS) is 22.0. The lowest BCUT2D eigenvalue weighted by Crippen LogP contribution is -2.56. The van der Waals surface area contributed by atoms with Crippen LogP contribution in [0, 0.1) is 0 Å². The zero-order valence-corrected chi connectivity index (χ0v) is 14.9. The molecule has 1 aromatic heterocycles. The van der Waals surface area contributed by atoms with E-state index < -0.39 is 0 Å². The molecule has 2 fully saturated rings. The Morgan fingerprint density at radius 3 is 2.62 bits per heavy atom. The summed E-state index contributed by atoms with van der Waals surface area (Å²) in [6.07, 6.45) is 4.16. The number of aromatic nitrogens is 1. The second-order valence-corrected chi connectivity index (χ2v) is 7.91. The molecule has 0 amide bonds. The topological polar surface area (TPSA) is 28.6 Å². The van der Waals surface area contributed by atoms with E-state index in [0.29, 0.717) is 0 Å². The van der Waals surface area contributed by atoms with Gasteiger partial charge in [0.1, 0.15) is 5.01 Å². The molecule has 1 spiro atoms. The molecular formula is C19H25N3OS. The minimum absolute atomic E-state index is 0.0619. The minimum atomic E-state index is 0.0619. The second kappa shape index (κ2) is 7.31. The van der Waals surface area contributed by atoms with Crippen molar-refractivity contribution >= 4 is 11.3 Å². The lowest BCUT2D eigenvalue weighted by molar-refractivity contribution is -0.138. The maximum Gasteiger partial charge on any atom is 0.107 e. The van der Waals surface area contributed by atoms with Gasteiger partial charge in [-0.2, -0.15) is 0 Å². The van der Waals surface area contributed by atoms with E-state index in [4.69, 9.17) is 4.74 Å². The standard InChI is InChI=1S/C19H25N3OS/c1-2-4-17(5-3-1)14-22-11-12-23-19(16-22)6-9-21(10-7-19)15-18-20-8-13-24-18/h1-5,8,13H,6-7,9-12,14-16H2.